The number of hydrogen-bond acceptors (Lipinski definition) is 2. The van der Waals surface area contributed by atoms with Crippen molar-refractivity contribution in [1.29, 1.82) is 0 Å². The molecular weight excluding hydrogens is 208 g/mol. The average molecular weight is 230 g/mol. The summed E-state index contributed by atoms with van der Waals surface area (Å²) in [6, 6.07) is -1.19. The number of carboxylic acids is 1. The Bertz CT molecular complexity index is 229. The molecule has 94 valence electrons. The van der Waals surface area contributed by atoms with Crippen molar-refractivity contribution in [2.45, 2.75) is 46.1 Å². The molecule has 0 spiro atoms. The van der Waals surface area contributed by atoms with Crippen LogP contribution in [0.5, 0.6) is 0 Å². The van der Waals surface area contributed by atoms with Crippen LogP contribution in [0.25, 0.3) is 0 Å². The SMILES string of the molecule is CCC[C@H](NC(=O)NCCC(C)C)C(=O)O. The zero-order valence-corrected chi connectivity index (χ0v) is 10.2. The lowest BCUT2D eigenvalue weighted by Crippen LogP contribution is -2.46. The first-order valence-corrected chi connectivity index (χ1v) is 5.74. The van der Waals surface area contributed by atoms with Crippen molar-refractivity contribution in [1.82, 2.24) is 10.6 Å². The van der Waals surface area contributed by atoms with Gasteiger partial charge in [-0.05, 0) is 18.8 Å². The number of aliphatic carboxylic acids is 1. The second-order valence-corrected chi connectivity index (χ2v) is 4.26. The number of carboxylic acid groups (broad SMARTS) is 1. The number of carbonyl (C=O) groups excluding carboxylic acids is 1. The molecule has 0 bridgehead atoms. The van der Waals surface area contributed by atoms with Crippen LogP contribution in [0, 0.1) is 5.92 Å². The molecule has 0 aliphatic heterocycles. The summed E-state index contributed by atoms with van der Waals surface area (Å²) in [5.74, 6) is -0.466. The molecule has 0 aromatic heterocycles. The Morgan fingerprint density at radius 1 is 1.25 bits per heavy atom. The largest absolute Gasteiger partial charge is 0.480 e. The molecule has 5 nitrogen and oxygen atoms in total. The minimum atomic E-state index is -0.985. The first-order chi connectivity index (χ1) is 7.47. The van der Waals surface area contributed by atoms with Gasteiger partial charge in [0.15, 0.2) is 0 Å². The third kappa shape index (κ3) is 7.09. The molecule has 3 N–H and O–H groups in total. The van der Waals surface area contributed by atoms with E-state index in [1.165, 1.54) is 0 Å². The Kier molecular flexibility index (Phi) is 7.33. The average Bonchev–Trinajstić information content (AvgIpc) is 2.16. The Balaban J connectivity index is 3.86. The molecule has 5 heteroatoms. The van der Waals surface area contributed by atoms with E-state index in [4.69, 9.17) is 5.11 Å². The summed E-state index contributed by atoms with van der Waals surface area (Å²) in [4.78, 5) is 22.1. The summed E-state index contributed by atoms with van der Waals surface area (Å²) < 4.78 is 0. The Hall–Kier alpha value is -1.26. The van der Waals surface area contributed by atoms with Gasteiger partial charge < -0.3 is 15.7 Å². The van der Waals surface area contributed by atoms with Gasteiger partial charge in [0.1, 0.15) is 6.04 Å². The number of carbonyl (C=O) groups is 2. The van der Waals surface area contributed by atoms with Crippen LogP contribution in [0.2, 0.25) is 0 Å². The van der Waals surface area contributed by atoms with E-state index in [9.17, 15) is 9.59 Å². The van der Waals surface area contributed by atoms with E-state index in [2.05, 4.69) is 24.5 Å². The highest BCUT2D eigenvalue weighted by molar-refractivity contribution is 5.82. The molecule has 0 saturated carbocycles. The molecule has 0 saturated heterocycles. The minimum absolute atomic E-state index is 0.401. The van der Waals surface area contributed by atoms with Gasteiger partial charge in [0.05, 0.1) is 0 Å². The van der Waals surface area contributed by atoms with Gasteiger partial charge in [0.2, 0.25) is 0 Å². The normalized spacial score (nSPS) is 12.2. The van der Waals surface area contributed by atoms with E-state index in [0.29, 0.717) is 18.9 Å². The van der Waals surface area contributed by atoms with E-state index >= 15 is 0 Å². The molecule has 2 amide bonds. The monoisotopic (exact) mass is 230 g/mol. The summed E-state index contributed by atoms with van der Waals surface area (Å²) in [5.41, 5.74) is 0. The Morgan fingerprint density at radius 3 is 2.31 bits per heavy atom. The molecule has 16 heavy (non-hydrogen) atoms. The minimum Gasteiger partial charge on any atom is -0.480 e. The van der Waals surface area contributed by atoms with Crippen LogP contribution in [-0.2, 0) is 4.79 Å². The van der Waals surface area contributed by atoms with Gasteiger partial charge in [-0.1, -0.05) is 27.2 Å². The van der Waals surface area contributed by atoms with Crippen molar-refractivity contribution in [2.24, 2.45) is 5.92 Å². The quantitative estimate of drug-likeness (QED) is 0.621. The van der Waals surface area contributed by atoms with Crippen molar-refractivity contribution in [2.75, 3.05) is 6.54 Å². The lowest BCUT2D eigenvalue weighted by Gasteiger charge is -2.14. The zero-order valence-electron chi connectivity index (χ0n) is 10.2. The molecule has 0 heterocycles. The highest BCUT2D eigenvalue weighted by Crippen LogP contribution is 1.98. The van der Waals surface area contributed by atoms with Crippen molar-refractivity contribution in [3.8, 4) is 0 Å². The highest BCUT2D eigenvalue weighted by atomic mass is 16.4. The van der Waals surface area contributed by atoms with Gasteiger partial charge in [-0.15, -0.1) is 0 Å². The first-order valence-electron chi connectivity index (χ1n) is 5.74. The van der Waals surface area contributed by atoms with E-state index in [0.717, 1.165) is 12.8 Å². The van der Waals surface area contributed by atoms with Crippen molar-refractivity contribution >= 4 is 12.0 Å². The van der Waals surface area contributed by atoms with Crippen LogP contribution >= 0.6 is 0 Å². The first kappa shape index (κ1) is 14.7. The van der Waals surface area contributed by atoms with Gasteiger partial charge in [0, 0.05) is 6.54 Å². The number of urea groups is 1. The summed E-state index contributed by atoms with van der Waals surface area (Å²) in [5, 5.41) is 13.9. The van der Waals surface area contributed by atoms with Gasteiger partial charge >= 0.3 is 12.0 Å². The van der Waals surface area contributed by atoms with Crippen LogP contribution in [0.15, 0.2) is 0 Å². The number of nitrogens with one attached hydrogen (secondary N) is 2. The summed E-state index contributed by atoms with van der Waals surface area (Å²) >= 11 is 0. The van der Waals surface area contributed by atoms with E-state index in [1.807, 2.05) is 6.92 Å². The predicted molar refractivity (Wildman–Crippen MR) is 62.3 cm³/mol. The molecule has 0 unspecified atom stereocenters. The van der Waals surface area contributed by atoms with Crippen molar-refractivity contribution < 1.29 is 14.7 Å². The topological polar surface area (TPSA) is 78.4 Å². The van der Waals surface area contributed by atoms with Crippen LogP contribution in [-0.4, -0.2) is 29.7 Å². The molecule has 0 aliphatic rings. The second kappa shape index (κ2) is 7.96. The molecule has 0 fully saturated rings. The van der Waals surface area contributed by atoms with Gasteiger partial charge in [-0.25, -0.2) is 9.59 Å². The summed E-state index contributed by atoms with van der Waals surface area (Å²) in [6.45, 7) is 6.59. The van der Waals surface area contributed by atoms with Crippen molar-refractivity contribution in [3.05, 3.63) is 0 Å². The predicted octanol–water partition coefficient (Wildman–Crippen LogP) is 1.59. The number of hydrogen-bond donors (Lipinski definition) is 3. The standard InChI is InChI=1S/C11H22N2O3/c1-4-5-9(10(14)15)13-11(16)12-7-6-8(2)3/h8-9H,4-7H2,1-3H3,(H,14,15)(H2,12,13,16)/t9-/m0/s1. The Morgan fingerprint density at radius 2 is 1.88 bits per heavy atom. The lowest BCUT2D eigenvalue weighted by atomic mass is 10.1. The van der Waals surface area contributed by atoms with Crippen LogP contribution < -0.4 is 10.6 Å². The van der Waals surface area contributed by atoms with E-state index in [1.54, 1.807) is 0 Å². The molecule has 0 aromatic rings. The van der Waals surface area contributed by atoms with Crippen molar-refractivity contribution in [3.63, 3.8) is 0 Å². The maximum atomic E-state index is 11.3. The molecule has 0 rings (SSSR count). The fourth-order valence-electron chi connectivity index (χ4n) is 1.23. The van der Waals surface area contributed by atoms with Crippen LogP contribution in [0.1, 0.15) is 40.0 Å². The maximum Gasteiger partial charge on any atom is 0.326 e. The van der Waals surface area contributed by atoms with E-state index < -0.39 is 18.0 Å². The number of amides is 2. The molecule has 1 atom stereocenters. The third-order valence-electron chi connectivity index (χ3n) is 2.19. The third-order valence-corrected chi connectivity index (χ3v) is 2.19. The fraction of sp³-hybridized carbons (Fsp3) is 0.818. The van der Waals surface area contributed by atoms with Crippen LogP contribution in [0.3, 0.4) is 0 Å². The molecule has 0 aromatic carbocycles. The smallest absolute Gasteiger partial charge is 0.326 e. The van der Waals surface area contributed by atoms with Gasteiger partial charge in [-0.2, -0.15) is 0 Å². The Labute approximate surface area is 96.6 Å². The van der Waals surface area contributed by atoms with E-state index in [-0.39, 0.29) is 0 Å². The molecule has 0 radical (unpaired) electrons. The van der Waals surface area contributed by atoms with Crippen LogP contribution in [0.4, 0.5) is 4.79 Å². The number of rotatable bonds is 7. The molecular formula is C11H22N2O3. The maximum absolute atomic E-state index is 11.3. The fourth-order valence-corrected chi connectivity index (χ4v) is 1.23. The highest BCUT2D eigenvalue weighted by Gasteiger charge is 2.18. The zero-order chi connectivity index (χ0) is 12.6. The summed E-state index contributed by atoms with van der Waals surface area (Å²) in [7, 11) is 0. The van der Waals surface area contributed by atoms with Gasteiger partial charge in [-0.3, -0.25) is 0 Å². The lowest BCUT2D eigenvalue weighted by molar-refractivity contribution is -0.139. The summed E-state index contributed by atoms with van der Waals surface area (Å²) in [6.07, 6.45) is 2.06. The molecule has 0 aliphatic carbocycles. The second-order valence-electron chi connectivity index (χ2n) is 4.26. The van der Waals surface area contributed by atoms with Gasteiger partial charge in [0.25, 0.3) is 0 Å².